The van der Waals surface area contributed by atoms with Crippen LogP contribution >= 0.6 is 0 Å². The van der Waals surface area contributed by atoms with Crippen LogP contribution in [0.25, 0.3) is 0 Å². The summed E-state index contributed by atoms with van der Waals surface area (Å²) < 4.78 is 0. The lowest BCUT2D eigenvalue weighted by Crippen LogP contribution is -2.35. The number of amides is 3. The van der Waals surface area contributed by atoms with Crippen molar-refractivity contribution in [1.82, 2.24) is 4.90 Å². The van der Waals surface area contributed by atoms with Crippen LogP contribution in [0.3, 0.4) is 0 Å². The average Bonchev–Trinajstić information content (AvgIpc) is 2.33. The number of imide groups is 1. The fraction of sp³-hybridized carbons (Fsp3) is 0.333. The molecule has 5 heteroatoms. The Morgan fingerprint density at radius 3 is 2.59 bits per heavy atom. The number of carbonyl (C=O) groups excluding carboxylic acids is 2. The predicted molar refractivity (Wildman–Crippen MR) is 66.6 cm³/mol. The van der Waals surface area contributed by atoms with Gasteiger partial charge in [0.2, 0.25) is 6.41 Å². The third kappa shape index (κ3) is 4.24. The number of anilines is 1. The molecular formula is C12H17N3O2. The molecule has 1 rings (SSSR count). The molecule has 0 aromatic heterocycles. The molecule has 0 radical (unpaired) electrons. The van der Waals surface area contributed by atoms with Crippen LogP contribution in [0.5, 0.6) is 0 Å². The Kier molecular flexibility index (Phi) is 5.16. The maximum absolute atomic E-state index is 11.7. The topological polar surface area (TPSA) is 75.4 Å². The van der Waals surface area contributed by atoms with E-state index < -0.39 is 6.03 Å². The lowest BCUT2D eigenvalue weighted by molar-refractivity contribution is -0.115. The molecule has 0 unspecified atom stereocenters. The molecule has 0 bridgehead atoms. The summed E-state index contributed by atoms with van der Waals surface area (Å²) in [5, 5.41) is 2.64. The number of aryl methyl sites for hydroxylation is 1. The highest BCUT2D eigenvalue weighted by molar-refractivity contribution is 5.95. The van der Waals surface area contributed by atoms with Crippen LogP contribution in [-0.2, 0) is 4.79 Å². The minimum Gasteiger partial charge on any atom is -0.330 e. The van der Waals surface area contributed by atoms with Crippen molar-refractivity contribution in [2.75, 3.05) is 18.4 Å². The van der Waals surface area contributed by atoms with Gasteiger partial charge in [0.05, 0.1) is 0 Å². The fourth-order valence-corrected chi connectivity index (χ4v) is 1.30. The second-order valence-electron chi connectivity index (χ2n) is 3.74. The molecule has 0 aliphatic rings. The first kappa shape index (κ1) is 13.2. The summed E-state index contributed by atoms with van der Waals surface area (Å²) in [7, 11) is 0. The largest absolute Gasteiger partial charge is 0.330 e. The zero-order chi connectivity index (χ0) is 12.7. The Balaban J connectivity index is 2.57. The third-order valence-electron chi connectivity index (χ3n) is 2.29. The molecule has 0 fully saturated rings. The molecule has 5 nitrogen and oxygen atoms in total. The van der Waals surface area contributed by atoms with Gasteiger partial charge < -0.3 is 11.1 Å². The smallest absolute Gasteiger partial charge is 0.328 e. The van der Waals surface area contributed by atoms with Crippen molar-refractivity contribution < 1.29 is 9.59 Å². The summed E-state index contributed by atoms with van der Waals surface area (Å²) in [5.41, 5.74) is 7.10. The van der Waals surface area contributed by atoms with Crippen LogP contribution in [0.1, 0.15) is 12.0 Å². The van der Waals surface area contributed by atoms with Gasteiger partial charge in [0.1, 0.15) is 0 Å². The molecule has 1 aromatic rings. The number of carbonyl (C=O) groups is 2. The SMILES string of the molecule is Cc1ccc(NC(=O)N(C=O)CCCN)cc1. The van der Waals surface area contributed by atoms with Crippen molar-refractivity contribution >= 4 is 18.1 Å². The van der Waals surface area contributed by atoms with Gasteiger partial charge in [-0.2, -0.15) is 0 Å². The van der Waals surface area contributed by atoms with Crippen molar-refractivity contribution in [2.24, 2.45) is 5.73 Å². The molecule has 92 valence electrons. The van der Waals surface area contributed by atoms with Gasteiger partial charge in [-0.15, -0.1) is 0 Å². The Morgan fingerprint density at radius 1 is 1.41 bits per heavy atom. The maximum atomic E-state index is 11.7. The van der Waals surface area contributed by atoms with E-state index in [1.807, 2.05) is 19.1 Å². The first-order valence-corrected chi connectivity index (χ1v) is 5.47. The molecule has 0 heterocycles. The molecule has 17 heavy (non-hydrogen) atoms. The first-order chi connectivity index (χ1) is 8.17. The summed E-state index contributed by atoms with van der Waals surface area (Å²) in [6.45, 7) is 2.74. The highest BCUT2D eigenvalue weighted by Gasteiger charge is 2.11. The molecule has 0 atom stereocenters. The predicted octanol–water partition coefficient (Wildman–Crippen LogP) is 1.33. The van der Waals surface area contributed by atoms with Crippen molar-refractivity contribution in [1.29, 1.82) is 0 Å². The van der Waals surface area contributed by atoms with Gasteiger partial charge in [-0.3, -0.25) is 9.69 Å². The first-order valence-electron chi connectivity index (χ1n) is 5.47. The Labute approximate surface area is 101 Å². The molecule has 0 spiro atoms. The number of hydrogen-bond acceptors (Lipinski definition) is 3. The average molecular weight is 235 g/mol. The van der Waals surface area contributed by atoms with E-state index in [1.54, 1.807) is 12.1 Å². The van der Waals surface area contributed by atoms with Crippen LogP contribution in [0.15, 0.2) is 24.3 Å². The monoisotopic (exact) mass is 235 g/mol. The molecule has 0 aliphatic heterocycles. The van der Waals surface area contributed by atoms with E-state index >= 15 is 0 Å². The van der Waals surface area contributed by atoms with Crippen LogP contribution in [-0.4, -0.2) is 30.4 Å². The molecule has 0 aliphatic carbocycles. The summed E-state index contributed by atoms with van der Waals surface area (Å²) in [6, 6.07) is 6.93. The number of hydrogen-bond donors (Lipinski definition) is 2. The summed E-state index contributed by atoms with van der Waals surface area (Å²) >= 11 is 0. The summed E-state index contributed by atoms with van der Waals surface area (Å²) in [5.74, 6) is 0. The van der Waals surface area contributed by atoms with E-state index in [2.05, 4.69) is 5.32 Å². The van der Waals surface area contributed by atoms with Crippen LogP contribution in [0, 0.1) is 6.92 Å². The highest BCUT2D eigenvalue weighted by atomic mass is 16.2. The van der Waals surface area contributed by atoms with Crippen molar-refractivity contribution in [2.45, 2.75) is 13.3 Å². The van der Waals surface area contributed by atoms with Gasteiger partial charge in [0, 0.05) is 12.2 Å². The Hall–Kier alpha value is -1.88. The van der Waals surface area contributed by atoms with Crippen molar-refractivity contribution in [3.05, 3.63) is 29.8 Å². The number of benzene rings is 1. The quantitative estimate of drug-likeness (QED) is 0.756. The van der Waals surface area contributed by atoms with Gasteiger partial charge in [0.25, 0.3) is 0 Å². The minimum absolute atomic E-state index is 0.331. The number of nitrogens with one attached hydrogen (secondary N) is 1. The maximum Gasteiger partial charge on any atom is 0.328 e. The van der Waals surface area contributed by atoms with Crippen LogP contribution < -0.4 is 11.1 Å². The number of rotatable bonds is 5. The van der Waals surface area contributed by atoms with Crippen molar-refractivity contribution in [3.8, 4) is 0 Å². The number of nitrogens with two attached hydrogens (primary N) is 1. The van der Waals surface area contributed by atoms with Crippen molar-refractivity contribution in [3.63, 3.8) is 0 Å². The zero-order valence-electron chi connectivity index (χ0n) is 9.85. The molecule has 0 saturated heterocycles. The van der Waals surface area contributed by atoms with Gasteiger partial charge in [-0.25, -0.2) is 4.79 Å². The molecular weight excluding hydrogens is 218 g/mol. The van der Waals surface area contributed by atoms with E-state index in [1.165, 1.54) is 0 Å². The Morgan fingerprint density at radius 2 is 2.06 bits per heavy atom. The van der Waals surface area contributed by atoms with Gasteiger partial charge in [-0.1, -0.05) is 17.7 Å². The van der Waals surface area contributed by atoms with Gasteiger partial charge in [-0.05, 0) is 32.0 Å². The van der Waals surface area contributed by atoms with Crippen LogP contribution in [0.2, 0.25) is 0 Å². The third-order valence-corrected chi connectivity index (χ3v) is 2.29. The second-order valence-corrected chi connectivity index (χ2v) is 3.74. The zero-order valence-corrected chi connectivity index (χ0v) is 9.85. The lowest BCUT2D eigenvalue weighted by Gasteiger charge is -2.15. The fourth-order valence-electron chi connectivity index (χ4n) is 1.30. The molecule has 1 aromatic carbocycles. The van der Waals surface area contributed by atoms with Gasteiger partial charge >= 0.3 is 6.03 Å². The lowest BCUT2D eigenvalue weighted by atomic mass is 10.2. The highest BCUT2D eigenvalue weighted by Crippen LogP contribution is 2.09. The summed E-state index contributed by atoms with van der Waals surface area (Å²) in [6.07, 6.45) is 1.11. The van der Waals surface area contributed by atoms with E-state index in [9.17, 15) is 9.59 Å². The molecule has 3 amide bonds. The van der Waals surface area contributed by atoms with E-state index in [-0.39, 0.29) is 0 Å². The minimum atomic E-state index is -0.433. The number of urea groups is 1. The van der Waals surface area contributed by atoms with Gasteiger partial charge in [0.15, 0.2) is 0 Å². The normalized spacial score (nSPS) is 9.76. The van der Waals surface area contributed by atoms with E-state index in [0.717, 1.165) is 10.5 Å². The van der Waals surface area contributed by atoms with E-state index in [0.29, 0.717) is 31.6 Å². The second kappa shape index (κ2) is 6.65. The Bertz CT molecular complexity index is 376. The van der Waals surface area contributed by atoms with Crippen LogP contribution in [0.4, 0.5) is 10.5 Å². The number of nitrogens with zero attached hydrogens (tertiary/aromatic N) is 1. The standard InChI is InChI=1S/C12H17N3O2/c1-10-3-5-11(6-4-10)14-12(17)15(9-16)8-2-7-13/h3-6,9H,2,7-8,13H2,1H3,(H,14,17). The molecule has 3 N–H and O–H groups in total. The summed E-state index contributed by atoms with van der Waals surface area (Å²) in [4.78, 5) is 23.5. The molecule has 0 saturated carbocycles. The van der Waals surface area contributed by atoms with E-state index in [4.69, 9.17) is 5.73 Å².